The third kappa shape index (κ3) is 5.38. The van der Waals surface area contributed by atoms with Crippen LogP contribution in [-0.2, 0) is 14.8 Å². The van der Waals surface area contributed by atoms with E-state index in [-0.39, 0.29) is 35.1 Å². The zero-order valence-electron chi connectivity index (χ0n) is 20.8. The van der Waals surface area contributed by atoms with Gasteiger partial charge in [0.15, 0.2) is 5.78 Å². The number of carbonyl (C=O) groups excluding carboxylic acids is 2. The molecule has 7 heteroatoms. The van der Waals surface area contributed by atoms with Crippen LogP contribution in [0.2, 0.25) is 0 Å². The molecule has 2 saturated heterocycles. The SMILES string of the molecule is O=C(c1ccccc1)C1CCN(C(=O)C2CCC(c3ccccc3)N(S(=O)(=O)c3ccccc3)C2)CC1. The molecule has 0 N–H and O–H groups in total. The maximum atomic E-state index is 13.7. The highest BCUT2D eigenvalue weighted by atomic mass is 32.2. The van der Waals surface area contributed by atoms with Gasteiger partial charge in [0.2, 0.25) is 15.9 Å². The van der Waals surface area contributed by atoms with Crippen molar-refractivity contribution in [1.29, 1.82) is 0 Å². The molecule has 0 aliphatic carbocycles. The van der Waals surface area contributed by atoms with Crippen molar-refractivity contribution in [1.82, 2.24) is 9.21 Å². The Morgan fingerprint density at radius 1 is 0.676 bits per heavy atom. The van der Waals surface area contributed by atoms with Crippen molar-refractivity contribution in [2.45, 2.75) is 36.6 Å². The lowest BCUT2D eigenvalue weighted by molar-refractivity contribution is -0.138. The molecule has 3 aromatic rings. The summed E-state index contributed by atoms with van der Waals surface area (Å²) in [6, 6.07) is 27.1. The van der Waals surface area contributed by atoms with Crippen LogP contribution in [0.5, 0.6) is 0 Å². The number of likely N-dealkylation sites (tertiary alicyclic amines) is 1. The molecule has 192 valence electrons. The molecule has 2 unspecified atom stereocenters. The van der Waals surface area contributed by atoms with Gasteiger partial charge in [-0.05, 0) is 43.4 Å². The van der Waals surface area contributed by atoms with Crippen molar-refractivity contribution in [2.75, 3.05) is 19.6 Å². The third-order valence-corrected chi connectivity index (χ3v) is 9.54. The van der Waals surface area contributed by atoms with Gasteiger partial charge in [0, 0.05) is 31.1 Å². The minimum atomic E-state index is -3.79. The first-order valence-electron chi connectivity index (χ1n) is 12.9. The largest absolute Gasteiger partial charge is 0.342 e. The number of nitrogens with zero attached hydrogens (tertiary/aromatic N) is 2. The first-order valence-corrected chi connectivity index (χ1v) is 14.4. The molecular formula is C30H32N2O4S. The van der Waals surface area contributed by atoms with Gasteiger partial charge in [-0.25, -0.2) is 8.42 Å². The van der Waals surface area contributed by atoms with E-state index in [9.17, 15) is 18.0 Å². The van der Waals surface area contributed by atoms with Crippen LogP contribution in [0.4, 0.5) is 0 Å². The van der Waals surface area contributed by atoms with Crippen LogP contribution in [0.15, 0.2) is 95.9 Å². The molecule has 37 heavy (non-hydrogen) atoms. The van der Waals surface area contributed by atoms with Gasteiger partial charge in [-0.1, -0.05) is 78.9 Å². The molecular weight excluding hydrogens is 484 g/mol. The van der Waals surface area contributed by atoms with Crippen LogP contribution in [0.25, 0.3) is 0 Å². The predicted molar refractivity (Wildman–Crippen MR) is 142 cm³/mol. The van der Waals surface area contributed by atoms with Gasteiger partial charge in [0.1, 0.15) is 0 Å². The van der Waals surface area contributed by atoms with Gasteiger partial charge in [-0.2, -0.15) is 4.31 Å². The number of hydrogen-bond donors (Lipinski definition) is 0. The average Bonchev–Trinajstić information content (AvgIpc) is 2.97. The Kier molecular flexibility index (Phi) is 7.53. The lowest BCUT2D eigenvalue weighted by Crippen LogP contribution is -2.49. The van der Waals surface area contributed by atoms with Gasteiger partial charge in [0.05, 0.1) is 16.9 Å². The fraction of sp³-hybridized carbons (Fsp3) is 0.333. The van der Waals surface area contributed by atoms with Gasteiger partial charge in [-0.3, -0.25) is 9.59 Å². The van der Waals surface area contributed by atoms with Gasteiger partial charge < -0.3 is 4.90 Å². The summed E-state index contributed by atoms with van der Waals surface area (Å²) in [4.78, 5) is 28.5. The minimum Gasteiger partial charge on any atom is -0.342 e. The molecule has 6 nitrogen and oxygen atoms in total. The van der Waals surface area contributed by atoms with E-state index in [4.69, 9.17) is 0 Å². The summed E-state index contributed by atoms with van der Waals surface area (Å²) in [5, 5.41) is 0. The van der Waals surface area contributed by atoms with E-state index in [1.165, 1.54) is 4.31 Å². The van der Waals surface area contributed by atoms with Crippen LogP contribution in [0.3, 0.4) is 0 Å². The lowest BCUT2D eigenvalue weighted by atomic mass is 9.87. The number of amides is 1. The van der Waals surface area contributed by atoms with Crippen molar-refractivity contribution in [3.8, 4) is 0 Å². The van der Waals surface area contributed by atoms with Gasteiger partial charge in [0.25, 0.3) is 0 Å². The molecule has 2 heterocycles. The summed E-state index contributed by atoms with van der Waals surface area (Å²) in [5.41, 5.74) is 1.65. The maximum Gasteiger partial charge on any atom is 0.243 e. The van der Waals surface area contributed by atoms with E-state index >= 15 is 0 Å². The number of Topliss-reactive ketones (excluding diaryl/α,β-unsaturated/α-hetero) is 1. The summed E-state index contributed by atoms with van der Waals surface area (Å²) in [7, 11) is -3.79. The molecule has 5 rings (SSSR count). The Balaban J connectivity index is 1.31. The molecule has 2 fully saturated rings. The van der Waals surface area contributed by atoms with Crippen molar-refractivity contribution in [2.24, 2.45) is 11.8 Å². The lowest BCUT2D eigenvalue weighted by Gasteiger charge is -2.41. The van der Waals surface area contributed by atoms with Crippen LogP contribution < -0.4 is 0 Å². The zero-order valence-corrected chi connectivity index (χ0v) is 21.6. The summed E-state index contributed by atoms with van der Waals surface area (Å²) in [6.45, 7) is 1.19. The number of carbonyl (C=O) groups is 2. The quantitative estimate of drug-likeness (QED) is 0.435. The molecule has 2 aliphatic rings. The highest BCUT2D eigenvalue weighted by molar-refractivity contribution is 7.89. The van der Waals surface area contributed by atoms with E-state index < -0.39 is 15.9 Å². The zero-order chi connectivity index (χ0) is 25.8. The Hall–Kier alpha value is -3.29. The second-order valence-corrected chi connectivity index (χ2v) is 11.8. The second-order valence-electron chi connectivity index (χ2n) is 9.92. The molecule has 0 bridgehead atoms. The summed E-state index contributed by atoms with van der Waals surface area (Å²) in [5.74, 6) is -0.364. The second kappa shape index (κ2) is 11.0. The molecule has 2 aliphatic heterocycles. The minimum absolute atomic E-state index is 0.00890. The van der Waals surface area contributed by atoms with E-state index in [0.29, 0.717) is 44.3 Å². The normalized spacial score (nSPS) is 21.5. The van der Waals surface area contributed by atoms with Crippen molar-refractivity contribution in [3.63, 3.8) is 0 Å². The molecule has 3 aromatic carbocycles. The van der Waals surface area contributed by atoms with Crippen LogP contribution in [0.1, 0.15) is 47.6 Å². The summed E-state index contributed by atoms with van der Waals surface area (Å²) in [6.07, 6.45) is 2.47. The highest BCUT2D eigenvalue weighted by Gasteiger charge is 2.41. The van der Waals surface area contributed by atoms with Crippen LogP contribution in [-0.4, -0.2) is 48.9 Å². The Morgan fingerprint density at radius 3 is 1.86 bits per heavy atom. The molecule has 0 aromatic heterocycles. The Morgan fingerprint density at radius 2 is 1.24 bits per heavy atom. The Bertz CT molecular complexity index is 1320. The van der Waals surface area contributed by atoms with Gasteiger partial charge >= 0.3 is 0 Å². The monoisotopic (exact) mass is 516 g/mol. The molecule has 2 atom stereocenters. The van der Waals surface area contributed by atoms with E-state index in [1.54, 1.807) is 30.3 Å². The fourth-order valence-corrected chi connectivity index (χ4v) is 7.31. The molecule has 0 radical (unpaired) electrons. The predicted octanol–water partition coefficient (Wildman–Crippen LogP) is 4.95. The summed E-state index contributed by atoms with van der Waals surface area (Å²) >= 11 is 0. The number of hydrogen-bond acceptors (Lipinski definition) is 4. The maximum absolute atomic E-state index is 13.7. The van der Waals surface area contributed by atoms with Crippen molar-refractivity contribution in [3.05, 3.63) is 102 Å². The smallest absolute Gasteiger partial charge is 0.243 e. The number of benzene rings is 3. The number of ketones is 1. The highest BCUT2D eigenvalue weighted by Crippen LogP contribution is 2.38. The first kappa shape index (κ1) is 25.4. The number of sulfonamides is 1. The molecule has 0 spiro atoms. The van der Waals surface area contributed by atoms with Crippen molar-refractivity contribution < 1.29 is 18.0 Å². The van der Waals surface area contributed by atoms with Crippen LogP contribution in [0, 0.1) is 11.8 Å². The topological polar surface area (TPSA) is 74.8 Å². The van der Waals surface area contributed by atoms with Gasteiger partial charge in [-0.15, -0.1) is 0 Å². The average molecular weight is 517 g/mol. The van der Waals surface area contributed by atoms with E-state index in [1.807, 2.05) is 65.6 Å². The first-order chi connectivity index (χ1) is 17.9. The fourth-order valence-electron chi connectivity index (χ4n) is 5.60. The standard InChI is InChI=1S/C30H32N2O4S/c33-29(24-12-6-2-7-13-24)25-18-20-31(21-19-25)30(34)26-16-17-28(23-10-4-1-5-11-23)32(22-26)37(35,36)27-14-8-3-9-15-27/h1-15,25-26,28H,16-22H2. The third-order valence-electron chi connectivity index (χ3n) is 7.66. The van der Waals surface area contributed by atoms with E-state index in [2.05, 4.69) is 0 Å². The molecule has 1 amide bonds. The van der Waals surface area contributed by atoms with Crippen LogP contribution >= 0.6 is 0 Å². The van der Waals surface area contributed by atoms with E-state index in [0.717, 1.165) is 5.56 Å². The number of rotatable bonds is 6. The molecule has 0 saturated carbocycles. The summed E-state index contributed by atoms with van der Waals surface area (Å²) < 4.78 is 29.0. The number of piperidine rings is 2. The Labute approximate surface area is 219 Å². The van der Waals surface area contributed by atoms with Crippen molar-refractivity contribution >= 4 is 21.7 Å².